The van der Waals surface area contributed by atoms with Gasteiger partial charge in [0.05, 0.1) is 10.6 Å². The highest BCUT2D eigenvalue weighted by Crippen LogP contribution is 2.26. The maximum Gasteiger partial charge on any atom is 0.251 e. The lowest BCUT2D eigenvalue weighted by molar-refractivity contribution is 0.548. The molecule has 102 valence electrons. The number of aromatic nitrogens is 2. The summed E-state index contributed by atoms with van der Waals surface area (Å²) in [6, 6.07) is 3.49. The van der Waals surface area contributed by atoms with E-state index in [1.807, 2.05) is 11.4 Å². The van der Waals surface area contributed by atoms with Gasteiger partial charge in [0, 0.05) is 22.5 Å². The van der Waals surface area contributed by atoms with Gasteiger partial charge < -0.3 is 10.3 Å². The van der Waals surface area contributed by atoms with Crippen LogP contribution in [0, 0.1) is 5.92 Å². The molecule has 4 nitrogen and oxygen atoms in total. The van der Waals surface area contributed by atoms with Gasteiger partial charge in [-0.25, -0.2) is 4.98 Å². The number of halogens is 1. The molecule has 2 N–H and O–H groups in total. The van der Waals surface area contributed by atoms with Crippen LogP contribution >= 0.6 is 27.3 Å². The van der Waals surface area contributed by atoms with Crippen molar-refractivity contribution in [2.45, 2.75) is 20.4 Å². The predicted octanol–water partition coefficient (Wildman–Crippen LogP) is 3.01. The predicted molar refractivity (Wildman–Crippen MR) is 82.4 cm³/mol. The fourth-order valence-electron chi connectivity index (χ4n) is 1.64. The fourth-order valence-corrected chi connectivity index (χ4v) is 3.01. The summed E-state index contributed by atoms with van der Waals surface area (Å²) in [4.78, 5) is 19.9. The summed E-state index contributed by atoms with van der Waals surface area (Å²) in [5, 5.41) is 5.26. The van der Waals surface area contributed by atoms with Crippen LogP contribution < -0.4 is 10.9 Å². The second-order valence-electron chi connectivity index (χ2n) is 4.74. The summed E-state index contributed by atoms with van der Waals surface area (Å²) in [6.45, 7) is 5.82. The number of nitrogens with zero attached hydrogens (tertiary/aromatic N) is 1. The Morgan fingerprint density at radius 1 is 1.47 bits per heavy atom. The number of hydrogen-bond donors (Lipinski definition) is 2. The molecule has 6 heteroatoms. The molecule has 2 aromatic rings. The summed E-state index contributed by atoms with van der Waals surface area (Å²) in [6.07, 6.45) is 0. The molecule has 0 aliphatic heterocycles. The molecule has 0 aliphatic rings. The molecule has 0 saturated carbocycles. The Balaban J connectivity index is 2.18. The molecule has 2 aromatic heterocycles. The highest BCUT2D eigenvalue weighted by molar-refractivity contribution is 9.10. The molecule has 0 unspecified atom stereocenters. The van der Waals surface area contributed by atoms with Gasteiger partial charge in [-0.2, -0.15) is 0 Å². The monoisotopic (exact) mass is 341 g/mol. The Morgan fingerprint density at radius 2 is 2.26 bits per heavy atom. The van der Waals surface area contributed by atoms with Gasteiger partial charge in [0.2, 0.25) is 0 Å². The number of rotatable bonds is 5. The number of H-pyrrole nitrogens is 1. The standard InChI is InChI=1S/C13H16BrN3OS/c1-8(2)5-15-6-10-4-12(18)17-13(16-10)11-3-9(14)7-19-11/h3-4,7-8,15H,5-6H2,1-2H3,(H,16,17,18). The van der Waals surface area contributed by atoms with Gasteiger partial charge in [-0.05, 0) is 34.5 Å². The van der Waals surface area contributed by atoms with Gasteiger partial charge in [0.1, 0.15) is 0 Å². The van der Waals surface area contributed by atoms with E-state index in [9.17, 15) is 4.79 Å². The van der Waals surface area contributed by atoms with Gasteiger partial charge in [0.15, 0.2) is 5.82 Å². The Labute approximate surface area is 124 Å². The average Bonchev–Trinajstić information content (AvgIpc) is 2.75. The van der Waals surface area contributed by atoms with Crippen LogP contribution in [0.25, 0.3) is 10.7 Å². The molecule has 0 radical (unpaired) electrons. The number of thiophene rings is 1. The second kappa shape index (κ2) is 6.45. The van der Waals surface area contributed by atoms with Crippen LogP contribution in [-0.2, 0) is 6.54 Å². The van der Waals surface area contributed by atoms with E-state index in [0.29, 0.717) is 18.3 Å². The van der Waals surface area contributed by atoms with Crippen molar-refractivity contribution in [3.8, 4) is 10.7 Å². The molecule has 0 aliphatic carbocycles. The Kier molecular flexibility index (Phi) is 4.90. The lowest BCUT2D eigenvalue weighted by atomic mass is 10.2. The maximum absolute atomic E-state index is 11.7. The van der Waals surface area contributed by atoms with Gasteiger partial charge in [-0.3, -0.25) is 4.79 Å². The molecular formula is C13H16BrN3OS. The van der Waals surface area contributed by atoms with Crippen LogP contribution in [0.15, 0.2) is 26.8 Å². The summed E-state index contributed by atoms with van der Waals surface area (Å²) in [5.41, 5.74) is 0.653. The number of aromatic amines is 1. The van der Waals surface area contributed by atoms with E-state index in [-0.39, 0.29) is 5.56 Å². The Bertz CT molecular complexity index is 606. The Hall–Kier alpha value is -0.980. The molecule has 0 atom stereocenters. The third-order valence-electron chi connectivity index (χ3n) is 2.45. The van der Waals surface area contributed by atoms with Crippen LogP contribution in [0.3, 0.4) is 0 Å². The van der Waals surface area contributed by atoms with Gasteiger partial charge in [0.25, 0.3) is 5.56 Å². The van der Waals surface area contributed by atoms with Crippen molar-refractivity contribution in [1.29, 1.82) is 0 Å². The first kappa shape index (κ1) is 14.4. The van der Waals surface area contributed by atoms with Crippen LogP contribution in [0.2, 0.25) is 0 Å². The van der Waals surface area contributed by atoms with E-state index in [1.165, 1.54) is 0 Å². The third kappa shape index (κ3) is 4.26. The molecule has 2 heterocycles. The molecule has 19 heavy (non-hydrogen) atoms. The second-order valence-corrected chi connectivity index (χ2v) is 6.57. The van der Waals surface area contributed by atoms with Crippen molar-refractivity contribution in [2.24, 2.45) is 5.92 Å². The zero-order chi connectivity index (χ0) is 13.8. The molecule has 0 amide bonds. The zero-order valence-corrected chi connectivity index (χ0v) is 13.3. The summed E-state index contributed by atoms with van der Waals surface area (Å²) in [7, 11) is 0. The van der Waals surface area contributed by atoms with Crippen LogP contribution in [0.5, 0.6) is 0 Å². The van der Waals surface area contributed by atoms with Crippen molar-refractivity contribution in [2.75, 3.05) is 6.54 Å². The fraction of sp³-hybridized carbons (Fsp3) is 0.385. The first-order valence-electron chi connectivity index (χ1n) is 6.10. The van der Waals surface area contributed by atoms with E-state index in [0.717, 1.165) is 21.6 Å². The average molecular weight is 342 g/mol. The van der Waals surface area contributed by atoms with E-state index in [4.69, 9.17) is 0 Å². The van der Waals surface area contributed by atoms with E-state index < -0.39 is 0 Å². The van der Waals surface area contributed by atoms with Gasteiger partial charge >= 0.3 is 0 Å². The van der Waals surface area contributed by atoms with Crippen molar-refractivity contribution in [3.05, 3.63) is 38.0 Å². The minimum atomic E-state index is -0.115. The smallest absolute Gasteiger partial charge is 0.251 e. The molecule has 0 saturated heterocycles. The zero-order valence-electron chi connectivity index (χ0n) is 10.9. The van der Waals surface area contributed by atoms with Crippen molar-refractivity contribution in [3.63, 3.8) is 0 Å². The number of hydrogen-bond acceptors (Lipinski definition) is 4. The lowest BCUT2D eigenvalue weighted by Gasteiger charge is -2.07. The largest absolute Gasteiger partial charge is 0.311 e. The molecule has 0 bridgehead atoms. The quantitative estimate of drug-likeness (QED) is 0.878. The van der Waals surface area contributed by atoms with Crippen molar-refractivity contribution in [1.82, 2.24) is 15.3 Å². The van der Waals surface area contributed by atoms with Gasteiger partial charge in [-0.15, -0.1) is 11.3 Å². The maximum atomic E-state index is 11.7. The first-order chi connectivity index (χ1) is 9.04. The molecule has 2 rings (SSSR count). The normalized spacial score (nSPS) is 11.2. The topological polar surface area (TPSA) is 57.8 Å². The summed E-state index contributed by atoms with van der Waals surface area (Å²) in [5.74, 6) is 1.21. The number of nitrogens with one attached hydrogen (secondary N) is 2. The Morgan fingerprint density at radius 3 is 2.89 bits per heavy atom. The van der Waals surface area contributed by atoms with Crippen LogP contribution in [0.4, 0.5) is 0 Å². The molecule has 0 fully saturated rings. The van der Waals surface area contributed by atoms with Crippen LogP contribution in [0.1, 0.15) is 19.5 Å². The minimum absolute atomic E-state index is 0.115. The summed E-state index contributed by atoms with van der Waals surface area (Å²) >= 11 is 4.95. The van der Waals surface area contributed by atoms with E-state index in [2.05, 4.69) is 45.1 Å². The lowest BCUT2D eigenvalue weighted by Crippen LogP contribution is -2.21. The highest BCUT2D eigenvalue weighted by Gasteiger charge is 2.06. The first-order valence-corrected chi connectivity index (χ1v) is 7.77. The van der Waals surface area contributed by atoms with Gasteiger partial charge in [-0.1, -0.05) is 13.8 Å². The highest BCUT2D eigenvalue weighted by atomic mass is 79.9. The molecule has 0 aromatic carbocycles. The van der Waals surface area contributed by atoms with Crippen LogP contribution in [-0.4, -0.2) is 16.5 Å². The van der Waals surface area contributed by atoms with Crippen molar-refractivity contribution < 1.29 is 0 Å². The van der Waals surface area contributed by atoms with E-state index >= 15 is 0 Å². The molecule has 0 spiro atoms. The SMILES string of the molecule is CC(C)CNCc1cc(=O)[nH]c(-c2cc(Br)cs2)n1. The van der Waals surface area contributed by atoms with E-state index in [1.54, 1.807) is 17.4 Å². The molecular weight excluding hydrogens is 326 g/mol. The third-order valence-corrected chi connectivity index (χ3v) is 4.15. The van der Waals surface area contributed by atoms with Crippen molar-refractivity contribution >= 4 is 27.3 Å². The minimum Gasteiger partial charge on any atom is -0.311 e. The summed E-state index contributed by atoms with van der Waals surface area (Å²) < 4.78 is 0.999.